The van der Waals surface area contributed by atoms with Gasteiger partial charge in [0.15, 0.2) is 5.84 Å². The van der Waals surface area contributed by atoms with Gasteiger partial charge in [-0.2, -0.15) is 5.10 Å². The average Bonchev–Trinajstić information content (AvgIpc) is 3.62. The summed E-state index contributed by atoms with van der Waals surface area (Å²) in [5.74, 6) is -1.30. The number of halogens is 2. The van der Waals surface area contributed by atoms with Crippen LogP contribution in [0.1, 0.15) is 31.7 Å². The van der Waals surface area contributed by atoms with Gasteiger partial charge in [-0.15, -0.1) is 0 Å². The zero-order chi connectivity index (χ0) is 25.2. The monoisotopic (exact) mass is 552 g/mol. The Morgan fingerprint density at radius 2 is 1.67 bits per heavy atom. The fraction of sp³-hybridized carbons (Fsp3) is 0.308. The summed E-state index contributed by atoms with van der Waals surface area (Å²) in [5, 5.41) is 18.2. The van der Waals surface area contributed by atoms with Crippen LogP contribution in [-0.2, 0) is 4.79 Å². The predicted octanol–water partition coefficient (Wildman–Crippen LogP) is 5.69. The van der Waals surface area contributed by atoms with Gasteiger partial charge in [0, 0.05) is 42.1 Å². The number of amides is 2. The Hall–Kier alpha value is -3.53. The van der Waals surface area contributed by atoms with Crippen molar-refractivity contribution in [1.29, 1.82) is 5.41 Å². The molecule has 0 atom stereocenters. The second kappa shape index (κ2) is 10.2. The average molecular weight is 553 g/mol. The maximum atomic E-state index is 13.4. The molecule has 3 aromatic rings. The van der Waals surface area contributed by atoms with E-state index in [2.05, 4.69) is 37.9 Å². The summed E-state index contributed by atoms with van der Waals surface area (Å²) < 4.78 is 15.7. The number of benzene rings is 2. The summed E-state index contributed by atoms with van der Waals surface area (Å²) in [6.45, 7) is 0.853. The topological polar surface area (TPSA) is 103 Å². The van der Waals surface area contributed by atoms with Gasteiger partial charge in [-0.05, 0) is 77.5 Å². The van der Waals surface area contributed by atoms with Gasteiger partial charge in [0.2, 0.25) is 5.78 Å². The van der Waals surface area contributed by atoms with Crippen LogP contribution >= 0.6 is 15.9 Å². The molecule has 1 saturated carbocycles. The summed E-state index contributed by atoms with van der Waals surface area (Å²) in [4.78, 5) is 27.1. The van der Waals surface area contributed by atoms with Crippen molar-refractivity contribution in [2.75, 3.05) is 23.7 Å². The fourth-order valence-electron chi connectivity index (χ4n) is 4.30. The number of carbonyl (C=O) groups excluding carboxylic acids is 2. The van der Waals surface area contributed by atoms with Crippen LogP contribution in [0.5, 0.6) is 0 Å². The number of piperidine rings is 1. The first-order chi connectivity index (χ1) is 17.4. The van der Waals surface area contributed by atoms with Crippen molar-refractivity contribution in [2.24, 2.45) is 5.92 Å². The molecule has 0 radical (unpaired) electrons. The number of anilines is 2. The first-order valence-corrected chi connectivity index (χ1v) is 12.7. The Morgan fingerprint density at radius 3 is 2.33 bits per heavy atom. The molecule has 1 saturated heterocycles. The first-order valence-electron chi connectivity index (χ1n) is 11.9. The Morgan fingerprint density at radius 1 is 0.972 bits per heavy atom. The van der Waals surface area contributed by atoms with E-state index in [0.29, 0.717) is 43.3 Å². The van der Waals surface area contributed by atoms with E-state index in [1.54, 1.807) is 4.90 Å². The van der Waals surface area contributed by atoms with Crippen LogP contribution in [0.4, 0.5) is 20.6 Å². The van der Waals surface area contributed by atoms with E-state index in [1.165, 1.54) is 31.0 Å². The number of nitrogens with zero attached hydrogens (tertiary/aromatic N) is 3. The number of rotatable bonds is 6. The van der Waals surface area contributed by atoms with Gasteiger partial charge in [0.1, 0.15) is 5.82 Å². The maximum absolute atomic E-state index is 13.4. The Kier molecular flexibility index (Phi) is 6.86. The molecule has 1 aliphatic heterocycles. The third-order valence-corrected chi connectivity index (χ3v) is 7.19. The largest absolute Gasteiger partial charge is 0.338 e. The van der Waals surface area contributed by atoms with Crippen molar-refractivity contribution >= 4 is 45.0 Å². The highest BCUT2D eigenvalue weighted by molar-refractivity contribution is 9.10. The number of urea groups is 1. The molecule has 1 aliphatic carbocycles. The molecule has 2 amide bonds. The van der Waals surface area contributed by atoms with Crippen molar-refractivity contribution in [3.63, 3.8) is 0 Å². The van der Waals surface area contributed by atoms with Gasteiger partial charge < -0.3 is 15.5 Å². The maximum Gasteiger partial charge on any atom is 0.321 e. The number of carbonyl (C=O) groups is 2. The summed E-state index contributed by atoms with van der Waals surface area (Å²) in [6.07, 6.45) is 7.26. The normalized spacial score (nSPS) is 16.0. The predicted molar refractivity (Wildman–Crippen MR) is 140 cm³/mol. The molecule has 2 aliphatic rings. The molecule has 186 valence electrons. The lowest BCUT2D eigenvalue weighted by atomic mass is 9.92. The van der Waals surface area contributed by atoms with E-state index < -0.39 is 5.82 Å². The lowest BCUT2D eigenvalue weighted by Gasteiger charge is -2.31. The minimum Gasteiger partial charge on any atom is -0.338 e. The highest BCUT2D eigenvalue weighted by atomic mass is 79.9. The summed E-state index contributed by atoms with van der Waals surface area (Å²) in [6, 6.07) is 12.2. The number of amidine groups is 1. The van der Waals surface area contributed by atoms with Crippen LogP contribution in [-0.4, -0.2) is 45.4 Å². The molecule has 1 aromatic heterocycles. The molecule has 5 rings (SSSR count). The van der Waals surface area contributed by atoms with Crippen LogP contribution < -0.4 is 10.6 Å². The van der Waals surface area contributed by atoms with E-state index in [4.69, 9.17) is 5.41 Å². The van der Waals surface area contributed by atoms with Crippen LogP contribution in [0.25, 0.3) is 11.1 Å². The van der Waals surface area contributed by atoms with Gasteiger partial charge in [-0.1, -0.05) is 12.1 Å². The van der Waals surface area contributed by atoms with E-state index >= 15 is 0 Å². The number of aromatic nitrogens is 2. The highest BCUT2D eigenvalue weighted by Gasteiger charge is 2.29. The zero-order valence-corrected chi connectivity index (χ0v) is 21.1. The number of Topliss-reactive ketones (excluding diaryl/α,β-unsaturated/α-hetero) is 1. The van der Waals surface area contributed by atoms with E-state index in [1.807, 2.05) is 35.1 Å². The molecular weight excluding hydrogens is 527 g/mol. The number of hydrogen-bond acceptors (Lipinski definition) is 4. The number of nitrogens with one attached hydrogen (secondary N) is 3. The molecular formula is C26H26BrFN6O2. The fourth-order valence-corrected chi connectivity index (χ4v) is 4.68. The van der Waals surface area contributed by atoms with Crippen molar-refractivity contribution in [1.82, 2.24) is 14.7 Å². The Bertz CT molecular complexity index is 1300. The van der Waals surface area contributed by atoms with Gasteiger partial charge >= 0.3 is 6.03 Å². The van der Waals surface area contributed by atoms with Crippen LogP contribution in [0.15, 0.2) is 59.3 Å². The zero-order valence-electron chi connectivity index (χ0n) is 19.5. The van der Waals surface area contributed by atoms with Crippen LogP contribution in [0.3, 0.4) is 0 Å². The smallest absolute Gasteiger partial charge is 0.321 e. The third kappa shape index (κ3) is 5.48. The van der Waals surface area contributed by atoms with Gasteiger partial charge in [-0.25, -0.2) is 9.18 Å². The molecule has 36 heavy (non-hydrogen) atoms. The molecule has 8 nitrogen and oxygen atoms in total. The lowest BCUT2D eigenvalue weighted by molar-refractivity contribution is -0.117. The number of ketones is 1. The third-order valence-electron chi connectivity index (χ3n) is 6.58. The van der Waals surface area contributed by atoms with E-state index in [9.17, 15) is 14.0 Å². The van der Waals surface area contributed by atoms with Gasteiger partial charge in [-0.3, -0.25) is 14.9 Å². The van der Waals surface area contributed by atoms with E-state index in [-0.39, 0.29) is 28.0 Å². The minimum absolute atomic E-state index is 0.209. The molecule has 0 unspecified atom stereocenters. The van der Waals surface area contributed by atoms with E-state index in [0.717, 1.165) is 11.1 Å². The minimum atomic E-state index is -0.416. The Labute approximate surface area is 216 Å². The van der Waals surface area contributed by atoms with Crippen LogP contribution in [0, 0.1) is 17.1 Å². The SMILES string of the molecule is N=C(Nc1ccc(F)c(Br)c1)C(=O)C1CCN(C(=O)Nc2ccc(-c3cnn(C4CC4)c3)cc2)CC1. The quantitative estimate of drug-likeness (QED) is 0.270. The van der Waals surface area contributed by atoms with Crippen molar-refractivity contribution < 1.29 is 14.0 Å². The second-order valence-electron chi connectivity index (χ2n) is 9.20. The molecule has 2 fully saturated rings. The highest BCUT2D eigenvalue weighted by Crippen LogP contribution is 2.35. The molecule has 0 spiro atoms. The molecule has 3 N–H and O–H groups in total. The standard InChI is InChI=1S/C26H26BrFN6O2/c27-22-13-20(5-8-23(22)28)31-25(29)24(35)17-9-11-33(12-10-17)26(36)32-19-3-1-16(2-4-19)18-14-30-34(15-18)21-6-7-21/h1-5,8,13-15,17,21H,6-7,9-12H2,(H2,29,31)(H,32,36). The number of likely N-dealkylation sites (tertiary alicyclic amines) is 1. The molecule has 2 heterocycles. The first kappa shape index (κ1) is 24.2. The number of hydrogen-bond donors (Lipinski definition) is 3. The summed E-state index contributed by atoms with van der Waals surface area (Å²) in [7, 11) is 0. The molecule has 2 aromatic carbocycles. The summed E-state index contributed by atoms with van der Waals surface area (Å²) in [5.41, 5.74) is 3.26. The summed E-state index contributed by atoms with van der Waals surface area (Å²) >= 11 is 3.10. The van der Waals surface area contributed by atoms with Gasteiger partial charge in [0.25, 0.3) is 0 Å². The second-order valence-corrected chi connectivity index (χ2v) is 10.1. The lowest BCUT2D eigenvalue weighted by Crippen LogP contribution is -2.44. The molecule has 0 bridgehead atoms. The molecule has 10 heteroatoms. The Balaban J connectivity index is 1.10. The van der Waals surface area contributed by atoms with Crippen molar-refractivity contribution in [3.05, 3.63) is 65.1 Å². The van der Waals surface area contributed by atoms with Gasteiger partial charge in [0.05, 0.1) is 16.7 Å². The van der Waals surface area contributed by atoms with Crippen molar-refractivity contribution in [3.8, 4) is 11.1 Å². The van der Waals surface area contributed by atoms with Crippen molar-refractivity contribution in [2.45, 2.75) is 31.7 Å². The van der Waals surface area contributed by atoms with Crippen LogP contribution in [0.2, 0.25) is 0 Å².